The number of pyridine rings is 1. The minimum atomic E-state index is -0.753. The fourth-order valence-electron chi connectivity index (χ4n) is 2.23. The molecule has 1 amide bonds. The molecule has 1 aromatic carbocycles. The van der Waals surface area contributed by atoms with Crippen LogP contribution in [0.25, 0.3) is 0 Å². The van der Waals surface area contributed by atoms with Crippen LogP contribution in [-0.4, -0.2) is 30.0 Å². The van der Waals surface area contributed by atoms with Crippen molar-refractivity contribution in [3.8, 4) is 0 Å². The first-order chi connectivity index (χ1) is 11.0. The Morgan fingerprint density at radius 3 is 2.57 bits per heavy atom. The van der Waals surface area contributed by atoms with Gasteiger partial charge in [0.15, 0.2) is 0 Å². The molecule has 5 nitrogen and oxygen atoms in total. The van der Waals surface area contributed by atoms with Crippen LogP contribution in [0.2, 0.25) is 0 Å². The van der Waals surface area contributed by atoms with Gasteiger partial charge >= 0.3 is 5.97 Å². The first kappa shape index (κ1) is 16.7. The second-order valence-electron chi connectivity index (χ2n) is 5.39. The molecule has 1 heterocycles. The molecule has 120 valence electrons. The van der Waals surface area contributed by atoms with E-state index in [0.29, 0.717) is 6.42 Å². The van der Waals surface area contributed by atoms with E-state index >= 15 is 0 Å². The van der Waals surface area contributed by atoms with Gasteiger partial charge in [-0.3, -0.25) is 9.78 Å². The molecule has 0 aliphatic rings. The number of esters is 1. The number of ether oxygens (including phenoxy) is 1. The molecule has 0 bridgehead atoms. The third-order valence-corrected chi connectivity index (χ3v) is 3.70. The molecule has 0 saturated heterocycles. The lowest BCUT2D eigenvalue weighted by Crippen LogP contribution is -2.43. The molecule has 0 spiro atoms. The SMILES string of the molecule is COC(=O)[C@@H](Cc1ccc(C)c(C)c1)NC(=O)c1ccccn1. The van der Waals surface area contributed by atoms with E-state index in [1.165, 1.54) is 18.9 Å². The van der Waals surface area contributed by atoms with E-state index in [9.17, 15) is 9.59 Å². The Hall–Kier alpha value is -2.69. The van der Waals surface area contributed by atoms with Crippen LogP contribution in [-0.2, 0) is 16.0 Å². The van der Waals surface area contributed by atoms with E-state index in [2.05, 4.69) is 10.3 Å². The number of hydrogen-bond acceptors (Lipinski definition) is 4. The quantitative estimate of drug-likeness (QED) is 0.860. The Labute approximate surface area is 135 Å². The van der Waals surface area contributed by atoms with Crippen LogP contribution in [0.15, 0.2) is 42.6 Å². The number of aromatic nitrogens is 1. The van der Waals surface area contributed by atoms with Crippen molar-refractivity contribution in [1.82, 2.24) is 10.3 Å². The number of benzene rings is 1. The van der Waals surface area contributed by atoms with Gasteiger partial charge in [-0.25, -0.2) is 4.79 Å². The van der Waals surface area contributed by atoms with Crippen LogP contribution in [0.1, 0.15) is 27.2 Å². The van der Waals surface area contributed by atoms with Gasteiger partial charge in [-0.05, 0) is 42.7 Å². The molecule has 5 heteroatoms. The summed E-state index contributed by atoms with van der Waals surface area (Å²) in [5.74, 6) is -0.877. The summed E-state index contributed by atoms with van der Waals surface area (Å²) in [6, 6.07) is 10.3. The third kappa shape index (κ3) is 4.39. The minimum absolute atomic E-state index is 0.265. The fraction of sp³-hybridized carbons (Fsp3) is 0.278. The molecular weight excluding hydrogens is 292 g/mol. The summed E-state index contributed by atoms with van der Waals surface area (Å²) in [6.07, 6.45) is 1.90. The number of rotatable bonds is 5. The highest BCUT2D eigenvalue weighted by atomic mass is 16.5. The fourth-order valence-corrected chi connectivity index (χ4v) is 2.23. The highest BCUT2D eigenvalue weighted by molar-refractivity contribution is 5.95. The van der Waals surface area contributed by atoms with Crippen LogP contribution < -0.4 is 5.32 Å². The smallest absolute Gasteiger partial charge is 0.328 e. The second-order valence-corrected chi connectivity index (χ2v) is 5.39. The van der Waals surface area contributed by atoms with E-state index in [-0.39, 0.29) is 5.69 Å². The topological polar surface area (TPSA) is 68.3 Å². The first-order valence-electron chi connectivity index (χ1n) is 7.37. The maximum absolute atomic E-state index is 12.2. The van der Waals surface area contributed by atoms with Gasteiger partial charge in [-0.1, -0.05) is 24.3 Å². The molecule has 0 aliphatic heterocycles. The number of carbonyl (C=O) groups is 2. The van der Waals surface area contributed by atoms with Gasteiger partial charge in [0.1, 0.15) is 11.7 Å². The van der Waals surface area contributed by atoms with Crippen molar-refractivity contribution >= 4 is 11.9 Å². The molecule has 1 aromatic heterocycles. The molecule has 0 saturated carbocycles. The molecule has 1 N–H and O–H groups in total. The summed E-state index contributed by atoms with van der Waals surface area (Å²) in [5.41, 5.74) is 3.55. The average Bonchev–Trinajstić information content (AvgIpc) is 2.57. The Morgan fingerprint density at radius 1 is 1.17 bits per heavy atom. The van der Waals surface area contributed by atoms with Crippen LogP contribution in [0.4, 0.5) is 0 Å². The number of carbonyl (C=O) groups excluding carboxylic acids is 2. The lowest BCUT2D eigenvalue weighted by Gasteiger charge is -2.17. The number of aryl methyl sites for hydroxylation is 2. The van der Waals surface area contributed by atoms with E-state index in [1.807, 2.05) is 32.0 Å². The minimum Gasteiger partial charge on any atom is -0.467 e. The zero-order chi connectivity index (χ0) is 16.8. The summed E-state index contributed by atoms with van der Waals surface area (Å²) >= 11 is 0. The molecule has 0 aliphatic carbocycles. The van der Waals surface area contributed by atoms with Crippen molar-refractivity contribution < 1.29 is 14.3 Å². The van der Waals surface area contributed by atoms with E-state index in [1.54, 1.807) is 18.2 Å². The maximum Gasteiger partial charge on any atom is 0.328 e. The second kappa shape index (κ2) is 7.54. The van der Waals surface area contributed by atoms with Crippen LogP contribution in [0, 0.1) is 13.8 Å². The van der Waals surface area contributed by atoms with Crippen LogP contribution in [0.3, 0.4) is 0 Å². The zero-order valence-corrected chi connectivity index (χ0v) is 13.5. The number of hydrogen-bond donors (Lipinski definition) is 1. The summed E-state index contributed by atoms with van der Waals surface area (Å²) in [4.78, 5) is 28.2. The molecule has 0 fully saturated rings. The maximum atomic E-state index is 12.2. The predicted molar refractivity (Wildman–Crippen MR) is 87.1 cm³/mol. The molecule has 0 radical (unpaired) electrons. The molecule has 1 atom stereocenters. The molecule has 23 heavy (non-hydrogen) atoms. The number of amides is 1. The van der Waals surface area contributed by atoms with E-state index in [0.717, 1.165) is 11.1 Å². The first-order valence-corrected chi connectivity index (χ1v) is 7.37. The summed E-state index contributed by atoms with van der Waals surface area (Å²) in [7, 11) is 1.31. The average molecular weight is 312 g/mol. The van der Waals surface area contributed by atoms with Crippen molar-refractivity contribution in [3.63, 3.8) is 0 Å². The molecular formula is C18H20N2O3. The lowest BCUT2D eigenvalue weighted by atomic mass is 10.0. The summed E-state index contributed by atoms with van der Waals surface area (Å²) < 4.78 is 4.80. The number of nitrogens with one attached hydrogen (secondary N) is 1. The predicted octanol–water partition coefficient (Wildman–Crippen LogP) is 2.21. The van der Waals surface area contributed by atoms with Gasteiger partial charge in [0.05, 0.1) is 7.11 Å². The van der Waals surface area contributed by atoms with Crippen LogP contribution in [0.5, 0.6) is 0 Å². The summed E-state index contributed by atoms with van der Waals surface area (Å²) in [5, 5.41) is 2.69. The number of nitrogens with zero attached hydrogens (tertiary/aromatic N) is 1. The van der Waals surface area contributed by atoms with Gasteiger partial charge in [0.2, 0.25) is 0 Å². The molecule has 2 rings (SSSR count). The van der Waals surface area contributed by atoms with E-state index < -0.39 is 17.9 Å². The van der Waals surface area contributed by atoms with Gasteiger partial charge in [0.25, 0.3) is 5.91 Å². The summed E-state index contributed by atoms with van der Waals surface area (Å²) in [6.45, 7) is 4.04. The Morgan fingerprint density at radius 2 is 1.96 bits per heavy atom. The van der Waals surface area contributed by atoms with Gasteiger partial charge in [-0.15, -0.1) is 0 Å². The largest absolute Gasteiger partial charge is 0.467 e. The van der Waals surface area contributed by atoms with E-state index in [4.69, 9.17) is 4.74 Å². The molecule has 2 aromatic rings. The van der Waals surface area contributed by atoms with Crippen molar-refractivity contribution in [2.45, 2.75) is 26.3 Å². The Balaban J connectivity index is 2.15. The molecule has 0 unspecified atom stereocenters. The normalized spacial score (nSPS) is 11.6. The highest BCUT2D eigenvalue weighted by Gasteiger charge is 2.23. The standard InChI is InChI=1S/C18H20N2O3/c1-12-7-8-14(10-13(12)2)11-16(18(22)23-3)20-17(21)15-6-4-5-9-19-15/h4-10,16H,11H2,1-3H3,(H,20,21)/t16-/m1/s1. The number of methoxy groups -OCH3 is 1. The van der Waals surface area contributed by atoms with Crippen LogP contribution >= 0.6 is 0 Å². The lowest BCUT2D eigenvalue weighted by molar-refractivity contribution is -0.142. The monoisotopic (exact) mass is 312 g/mol. The van der Waals surface area contributed by atoms with Crippen molar-refractivity contribution in [2.24, 2.45) is 0 Å². The van der Waals surface area contributed by atoms with Crippen molar-refractivity contribution in [1.29, 1.82) is 0 Å². The van der Waals surface area contributed by atoms with Gasteiger partial charge in [-0.2, -0.15) is 0 Å². The van der Waals surface area contributed by atoms with Crippen molar-refractivity contribution in [3.05, 3.63) is 65.0 Å². The Bertz CT molecular complexity index is 699. The van der Waals surface area contributed by atoms with Crippen molar-refractivity contribution in [2.75, 3.05) is 7.11 Å². The third-order valence-electron chi connectivity index (χ3n) is 3.70. The van der Waals surface area contributed by atoms with Gasteiger partial charge < -0.3 is 10.1 Å². The highest BCUT2D eigenvalue weighted by Crippen LogP contribution is 2.12. The van der Waals surface area contributed by atoms with Gasteiger partial charge in [0, 0.05) is 12.6 Å². The Kier molecular flexibility index (Phi) is 5.46. The zero-order valence-electron chi connectivity index (χ0n) is 13.5.